The summed E-state index contributed by atoms with van der Waals surface area (Å²) in [5.41, 5.74) is 0.468. The number of nitrogens with zero attached hydrogens (tertiary/aromatic N) is 4. The number of thioether (sulfide) groups is 1. The molecule has 2 heterocycles. The van der Waals surface area contributed by atoms with Gasteiger partial charge in [0.25, 0.3) is 17.0 Å². The van der Waals surface area contributed by atoms with E-state index in [9.17, 15) is 9.18 Å². The van der Waals surface area contributed by atoms with Gasteiger partial charge in [-0.25, -0.2) is 4.39 Å². The molecule has 12 heteroatoms. The summed E-state index contributed by atoms with van der Waals surface area (Å²) in [7, 11) is 0. The molecule has 4 rings (SSSR count). The highest BCUT2D eigenvalue weighted by Crippen LogP contribution is 2.26. The summed E-state index contributed by atoms with van der Waals surface area (Å²) >= 11 is 8.44. The highest BCUT2D eigenvalue weighted by Gasteiger charge is 2.15. The molecule has 0 bridgehead atoms. The third kappa shape index (κ3) is 5.78. The minimum atomic E-state index is -0.419. The maximum absolute atomic E-state index is 12.9. The van der Waals surface area contributed by atoms with Gasteiger partial charge < -0.3 is 14.5 Å². The van der Waals surface area contributed by atoms with Crippen molar-refractivity contribution in [2.75, 3.05) is 5.32 Å². The number of carbonyl (C=O) groups excluding carboxylic acids is 1. The molecule has 0 aliphatic carbocycles. The number of anilines is 1. The van der Waals surface area contributed by atoms with Crippen LogP contribution in [0.1, 0.15) is 20.7 Å². The molecule has 0 spiro atoms. The molecule has 0 radical (unpaired) electrons. The minimum absolute atomic E-state index is 0.0871. The highest BCUT2D eigenvalue weighted by atomic mass is 35.5. The monoisotopic (exact) mass is 477 g/mol. The normalized spacial score (nSPS) is 10.8. The van der Waals surface area contributed by atoms with E-state index < -0.39 is 5.91 Å². The van der Waals surface area contributed by atoms with Crippen LogP contribution in [-0.4, -0.2) is 26.3 Å². The second kappa shape index (κ2) is 9.86. The Kier molecular flexibility index (Phi) is 6.75. The van der Waals surface area contributed by atoms with Crippen LogP contribution in [0.4, 0.5) is 10.1 Å². The predicted molar refractivity (Wildman–Crippen MR) is 114 cm³/mol. The van der Waals surface area contributed by atoms with Crippen LogP contribution in [0.15, 0.2) is 58.2 Å². The molecule has 0 aliphatic rings. The highest BCUT2D eigenvalue weighted by molar-refractivity contribution is 7.98. The Morgan fingerprint density at radius 3 is 2.74 bits per heavy atom. The number of aromatic nitrogens is 4. The van der Waals surface area contributed by atoms with Gasteiger partial charge >= 0.3 is 0 Å². The van der Waals surface area contributed by atoms with Crippen molar-refractivity contribution in [3.63, 3.8) is 0 Å². The van der Waals surface area contributed by atoms with Gasteiger partial charge in [-0.1, -0.05) is 46.8 Å². The van der Waals surface area contributed by atoms with Crippen LogP contribution < -0.4 is 10.1 Å². The second-order valence-electron chi connectivity index (χ2n) is 5.93. The molecule has 0 unspecified atom stereocenters. The van der Waals surface area contributed by atoms with Crippen molar-refractivity contribution in [3.8, 4) is 5.75 Å². The van der Waals surface area contributed by atoms with Gasteiger partial charge in [-0.3, -0.25) is 4.79 Å². The lowest BCUT2D eigenvalue weighted by atomic mass is 10.3. The Balaban J connectivity index is 1.28. The number of rotatable bonds is 8. The molecule has 0 fully saturated rings. The van der Waals surface area contributed by atoms with Crippen LogP contribution in [0.2, 0.25) is 5.02 Å². The summed E-state index contributed by atoms with van der Waals surface area (Å²) in [6, 6.07) is 12.5. The lowest BCUT2D eigenvalue weighted by Gasteiger charge is -2.04. The van der Waals surface area contributed by atoms with Crippen LogP contribution in [0.3, 0.4) is 0 Å². The summed E-state index contributed by atoms with van der Waals surface area (Å²) in [4.78, 5) is 12.2. The van der Waals surface area contributed by atoms with Gasteiger partial charge in [0.05, 0.1) is 10.8 Å². The molecule has 1 amide bonds. The summed E-state index contributed by atoms with van der Waals surface area (Å²) in [6.07, 6.45) is 0. The van der Waals surface area contributed by atoms with E-state index in [2.05, 4.69) is 25.7 Å². The first kappa shape index (κ1) is 21.2. The number of para-hydroxylation sites is 1. The molecular formula is C19H13ClFN5O3S2. The Morgan fingerprint density at radius 2 is 1.94 bits per heavy atom. The minimum Gasteiger partial charge on any atom is -0.482 e. The summed E-state index contributed by atoms with van der Waals surface area (Å²) < 4.78 is 24.0. The first-order valence-corrected chi connectivity index (χ1v) is 11.0. The number of nitrogens with one attached hydrogen (secondary N) is 1. The number of halogens is 2. The molecule has 8 nitrogen and oxygen atoms in total. The first-order valence-electron chi connectivity index (χ1n) is 8.78. The van der Waals surface area contributed by atoms with Gasteiger partial charge in [0.15, 0.2) is 6.61 Å². The number of ether oxygens (including phenoxy) is 1. The molecular weight excluding hydrogens is 465 g/mol. The zero-order chi connectivity index (χ0) is 21.6. The lowest BCUT2D eigenvalue weighted by Crippen LogP contribution is -2.11. The van der Waals surface area contributed by atoms with Gasteiger partial charge in [-0.15, -0.1) is 20.4 Å². The molecule has 0 aliphatic heterocycles. The van der Waals surface area contributed by atoms with Crippen LogP contribution in [-0.2, 0) is 12.4 Å². The van der Waals surface area contributed by atoms with E-state index >= 15 is 0 Å². The van der Waals surface area contributed by atoms with Crippen molar-refractivity contribution in [1.29, 1.82) is 0 Å². The van der Waals surface area contributed by atoms with Gasteiger partial charge in [-0.2, -0.15) is 0 Å². The predicted octanol–water partition coefficient (Wildman–Crippen LogP) is 4.84. The maximum Gasteiger partial charge on any atom is 0.286 e. The van der Waals surface area contributed by atoms with E-state index in [1.54, 1.807) is 12.1 Å². The Labute approximate surface area is 188 Å². The van der Waals surface area contributed by atoms with Crippen molar-refractivity contribution in [2.24, 2.45) is 0 Å². The van der Waals surface area contributed by atoms with E-state index in [4.69, 9.17) is 20.8 Å². The molecule has 158 valence electrons. The Bertz CT molecular complexity index is 1190. The van der Waals surface area contributed by atoms with Crippen molar-refractivity contribution in [2.45, 2.75) is 17.6 Å². The van der Waals surface area contributed by atoms with Crippen LogP contribution in [0.25, 0.3) is 0 Å². The van der Waals surface area contributed by atoms with E-state index in [0.717, 1.165) is 11.3 Å². The molecule has 0 saturated heterocycles. The fourth-order valence-corrected chi connectivity index (χ4v) is 3.99. The lowest BCUT2D eigenvalue weighted by molar-refractivity contribution is 0.102. The number of hydrogen-bond acceptors (Lipinski definition) is 9. The second-order valence-corrected chi connectivity index (χ2v) is 8.33. The maximum atomic E-state index is 12.9. The van der Waals surface area contributed by atoms with E-state index in [1.807, 2.05) is 12.1 Å². The largest absolute Gasteiger partial charge is 0.482 e. The van der Waals surface area contributed by atoms with E-state index in [1.165, 1.54) is 36.0 Å². The summed E-state index contributed by atoms with van der Waals surface area (Å²) in [6.45, 7) is 0.0871. The molecule has 31 heavy (non-hydrogen) atoms. The number of benzene rings is 2. The number of carbonyl (C=O) groups is 1. The van der Waals surface area contributed by atoms with Gasteiger partial charge in [0.1, 0.15) is 16.6 Å². The van der Waals surface area contributed by atoms with Gasteiger partial charge in [-0.05, 0) is 36.4 Å². The molecule has 0 atom stereocenters. The third-order valence-electron chi connectivity index (χ3n) is 3.72. The zero-order valence-corrected chi connectivity index (χ0v) is 18.0. The summed E-state index contributed by atoms with van der Waals surface area (Å²) in [5, 5.41) is 20.0. The van der Waals surface area contributed by atoms with Crippen LogP contribution in [0.5, 0.6) is 5.75 Å². The number of hydrogen-bond donors (Lipinski definition) is 1. The molecule has 2 aromatic heterocycles. The van der Waals surface area contributed by atoms with Gasteiger partial charge in [0, 0.05) is 5.69 Å². The SMILES string of the molecule is O=C(Nc1ccc(F)cc1)c1nnc(CSc2nnc(COc3ccccc3Cl)o2)s1. The van der Waals surface area contributed by atoms with E-state index in [-0.39, 0.29) is 17.4 Å². The van der Waals surface area contributed by atoms with Crippen molar-refractivity contribution < 1.29 is 18.3 Å². The molecule has 1 N–H and O–H groups in total. The van der Waals surface area contributed by atoms with E-state index in [0.29, 0.717) is 38.3 Å². The van der Waals surface area contributed by atoms with Crippen LogP contribution in [0, 0.1) is 5.82 Å². The Hall–Kier alpha value is -3.02. The fourth-order valence-electron chi connectivity index (χ4n) is 2.30. The standard InChI is InChI=1S/C19H13ClFN5O3S2/c20-13-3-1-2-4-14(13)28-9-15-23-26-19(29-15)30-10-16-24-25-18(31-16)17(27)22-12-7-5-11(21)6-8-12/h1-8H,9-10H2,(H,22,27). The van der Waals surface area contributed by atoms with Gasteiger partial charge in [0.2, 0.25) is 5.01 Å². The van der Waals surface area contributed by atoms with Crippen molar-refractivity contribution in [1.82, 2.24) is 20.4 Å². The fraction of sp³-hybridized carbons (Fsp3) is 0.105. The smallest absolute Gasteiger partial charge is 0.286 e. The third-order valence-corrected chi connectivity index (χ3v) is 5.97. The number of amides is 1. The quantitative estimate of drug-likeness (QED) is 0.360. The average molecular weight is 478 g/mol. The van der Waals surface area contributed by atoms with Crippen molar-refractivity contribution in [3.05, 3.63) is 75.3 Å². The molecule has 2 aromatic carbocycles. The topological polar surface area (TPSA) is 103 Å². The first-order chi connectivity index (χ1) is 15.1. The van der Waals surface area contributed by atoms with Crippen molar-refractivity contribution >= 4 is 46.3 Å². The zero-order valence-electron chi connectivity index (χ0n) is 15.6. The molecule has 0 saturated carbocycles. The molecule has 4 aromatic rings. The van der Waals surface area contributed by atoms with Crippen LogP contribution >= 0.6 is 34.7 Å². The average Bonchev–Trinajstić information content (AvgIpc) is 3.43. The summed E-state index contributed by atoms with van der Waals surface area (Å²) in [5.74, 6) is 0.426. The Morgan fingerprint density at radius 1 is 1.13 bits per heavy atom.